The fourth-order valence-corrected chi connectivity index (χ4v) is 2.77. The van der Waals surface area contributed by atoms with Crippen LogP contribution in [0, 0.1) is 11.8 Å². The van der Waals surface area contributed by atoms with Crippen LogP contribution in [0.4, 0.5) is 0 Å². The maximum Gasteiger partial charge on any atom is 0.326 e. The molecule has 4 atom stereocenters. The Morgan fingerprint density at radius 2 is 1.38 bits per heavy atom. The maximum atomic E-state index is 13.0. The lowest BCUT2D eigenvalue weighted by Gasteiger charge is -2.27. The molecule has 4 unspecified atom stereocenters. The number of hydrogen-bond acceptors (Lipinski definition) is 7. The first-order valence-electron chi connectivity index (χ1n) is 10.8. The number of guanidine groups is 1. The summed E-state index contributed by atoms with van der Waals surface area (Å²) < 4.78 is 0. The normalized spacial score (nSPS) is 14.4. The molecule has 0 aromatic carbocycles. The average molecular weight is 488 g/mol. The van der Waals surface area contributed by atoms with Crippen molar-refractivity contribution < 1.29 is 34.2 Å². The van der Waals surface area contributed by atoms with E-state index in [-0.39, 0.29) is 24.8 Å². The second-order valence-corrected chi connectivity index (χ2v) is 8.51. The van der Waals surface area contributed by atoms with E-state index in [1.54, 1.807) is 27.7 Å². The number of rotatable bonds is 15. The van der Waals surface area contributed by atoms with Crippen molar-refractivity contribution in [3.8, 4) is 0 Å². The van der Waals surface area contributed by atoms with E-state index in [0.717, 1.165) is 0 Å². The molecule has 0 aromatic heterocycles. The van der Waals surface area contributed by atoms with Gasteiger partial charge in [-0.3, -0.25) is 24.2 Å². The Kier molecular flexibility index (Phi) is 13.2. The second kappa shape index (κ2) is 14.7. The van der Waals surface area contributed by atoms with Crippen LogP contribution in [0.5, 0.6) is 0 Å². The predicted molar refractivity (Wildman–Crippen MR) is 123 cm³/mol. The SMILES string of the molecule is CC(C)C(N)C(=O)NC(CCCN=C(N)N)C(=O)NC(C(=O)NC(CC(=O)O)C(=O)O)C(C)C. The molecule has 0 aliphatic rings. The van der Waals surface area contributed by atoms with E-state index < -0.39 is 66.2 Å². The van der Waals surface area contributed by atoms with Crippen LogP contribution >= 0.6 is 0 Å². The van der Waals surface area contributed by atoms with E-state index in [1.165, 1.54) is 0 Å². The summed E-state index contributed by atoms with van der Waals surface area (Å²) in [6.45, 7) is 6.90. The Morgan fingerprint density at radius 1 is 0.824 bits per heavy atom. The second-order valence-electron chi connectivity index (χ2n) is 8.51. The molecule has 3 amide bonds. The number of nitrogens with two attached hydrogens (primary N) is 3. The molecule has 0 aliphatic heterocycles. The summed E-state index contributed by atoms with van der Waals surface area (Å²) in [4.78, 5) is 64.0. The molecule has 0 fully saturated rings. The number of amides is 3. The van der Waals surface area contributed by atoms with E-state index in [4.69, 9.17) is 27.4 Å². The van der Waals surface area contributed by atoms with Gasteiger partial charge in [-0.2, -0.15) is 0 Å². The predicted octanol–water partition coefficient (Wildman–Crippen LogP) is -2.31. The summed E-state index contributed by atoms with van der Waals surface area (Å²) in [5, 5.41) is 25.2. The third kappa shape index (κ3) is 11.4. The van der Waals surface area contributed by atoms with Crippen molar-refractivity contribution in [1.82, 2.24) is 16.0 Å². The third-order valence-electron chi connectivity index (χ3n) is 4.84. The molecule has 14 nitrogen and oxygen atoms in total. The molecular weight excluding hydrogens is 450 g/mol. The van der Waals surface area contributed by atoms with Gasteiger partial charge in [0, 0.05) is 6.54 Å². The zero-order chi connectivity index (χ0) is 26.6. The Labute approximate surface area is 198 Å². The minimum Gasteiger partial charge on any atom is -0.481 e. The lowest BCUT2D eigenvalue weighted by Crippen LogP contribution is -2.58. The number of carboxylic acids is 2. The van der Waals surface area contributed by atoms with Crippen LogP contribution in [-0.4, -0.2) is 76.5 Å². The quantitative estimate of drug-likeness (QED) is 0.0695. The third-order valence-corrected chi connectivity index (χ3v) is 4.84. The van der Waals surface area contributed by atoms with Gasteiger partial charge in [0.2, 0.25) is 17.7 Å². The largest absolute Gasteiger partial charge is 0.481 e. The molecule has 14 heteroatoms. The fraction of sp³-hybridized carbons (Fsp3) is 0.700. The van der Waals surface area contributed by atoms with Gasteiger partial charge in [0.25, 0.3) is 0 Å². The van der Waals surface area contributed by atoms with E-state index in [0.29, 0.717) is 6.42 Å². The molecule has 0 rings (SSSR count). The molecule has 0 heterocycles. The number of nitrogens with one attached hydrogen (secondary N) is 3. The maximum absolute atomic E-state index is 13.0. The van der Waals surface area contributed by atoms with Crippen molar-refractivity contribution in [3.63, 3.8) is 0 Å². The molecule has 34 heavy (non-hydrogen) atoms. The first-order chi connectivity index (χ1) is 15.7. The van der Waals surface area contributed by atoms with Crippen LogP contribution < -0.4 is 33.2 Å². The molecule has 0 bridgehead atoms. The number of hydrogen-bond donors (Lipinski definition) is 8. The van der Waals surface area contributed by atoms with Crippen molar-refractivity contribution in [1.29, 1.82) is 0 Å². The summed E-state index contributed by atoms with van der Waals surface area (Å²) >= 11 is 0. The van der Waals surface area contributed by atoms with Gasteiger partial charge in [-0.25, -0.2) is 4.79 Å². The lowest BCUT2D eigenvalue weighted by atomic mass is 10.0. The van der Waals surface area contributed by atoms with E-state index in [9.17, 15) is 24.0 Å². The summed E-state index contributed by atoms with van der Waals surface area (Å²) in [6.07, 6.45) is -0.385. The standard InChI is InChI=1S/C20H37N7O7/c1-9(2)14(21)17(31)25-11(6-5-7-24-20(22)23)16(30)27-15(10(3)4)18(32)26-12(19(33)34)8-13(28)29/h9-12,14-15H,5-8,21H2,1-4H3,(H,25,31)(H,26,32)(H,27,30)(H,28,29)(H,33,34)(H4,22,23,24). The fourth-order valence-electron chi connectivity index (χ4n) is 2.77. The molecule has 0 aliphatic carbocycles. The van der Waals surface area contributed by atoms with Gasteiger partial charge in [0.05, 0.1) is 12.5 Å². The number of aliphatic imine (C=N–C) groups is 1. The lowest BCUT2D eigenvalue weighted by molar-refractivity contribution is -0.147. The van der Waals surface area contributed by atoms with Gasteiger partial charge in [-0.15, -0.1) is 0 Å². The smallest absolute Gasteiger partial charge is 0.326 e. The van der Waals surface area contributed by atoms with Gasteiger partial charge in [0.1, 0.15) is 18.1 Å². The summed E-state index contributed by atoms with van der Waals surface area (Å²) in [5.41, 5.74) is 16.4. The minimum atomic E-state index is -1.68. The van der Waals surface area contributed by atoms with Gasteiger partial charge in [-0.05, 0) is 24.7 Å². The van der Waals surface area contributed by atoms with Crippen molar-refractivity contribution in [2.24, 2.45) is 34.0 Å². The van der Waals surface area contributed by atoms with E-state index >= 15 is 0 Å². The number of carboxylic acid groups (broad SMARTS) is 2. The van der Waals surface area contributed by atoms with Gasteiger partial charge in [0.15, 0.2) is 5.96 Å². The molecular formula is C20H37N7O7. The number of aliphatic carboxylic acids is 2. The number of carbonyl (C=O) groups is 5. The van der Waals surface area contributed by atoms with Crippen molar-refractivity contribution in [3.05, 3.63) is 0 Å². The summed E-state index contributed by atoms with van der Waals surface area (Å²) in [6, 6.07) is -4.82. The van der Waals surface area contributed by atoms with Crippen LogP contribution in [-0.2, 0) is 24.0 Å². The highest BCUT2D eigenvalue weighted by atomic mass is 16.4. The Bertz CT molecular complexity index is 766. The van der Waals surface area contributed by atoms with E-state index in [2.05, 4.69) is 20.9 Å². The van der Waals surface area contributed by atoms with Crippen LogP contribution in [0.25, 0.3) is 0 Å². The highest BCUT2D eigenvalue weighted by molar-refractivity contribution is 5.94. The number of nitrogens with zero attached hydrogens (tertiary/aromatic N) is 1. The van der Waals surface area contributed by atoms with Crippen LogP contribution in [0.1, 0.15) is 47.0 Å². The molecule has 11 N–H and O–H groups in total. The van der Waals surface area contributed by atoms with Gasteiger partial charge in [-0.1, -0.05) is 27.7 Å². The topological polar surface area (TPSA) is 252 Å². The van der Waals surface area contributed by atoms with Crippen molar-refractivity contribution >= 4 is 35.6 Å². The average Bonchev–Trinajstić information content (AvgIpc) is 2.71. The summed E-state index contributed by atoms with van der Waals surface area (Å²) in [7, 11) is 0. The minimum absolute atomic E-state index is 0.127. The Hall–Kier alpha value is -3.42. The van der Waals surface area contributed by atoms with Gasteiger partial charge >= 0.3 is 11.9 Å². The molecule has 0 saturated heterocycles. The molecule has 0 aromatic rings. The van der Waals surface area contributed by atoms with Crippen LogP contribution in [0.15, 0.2) is 4.99 Å². The highest BCUT2D eigenvalue weighted by Gasteiger charge is 2.32. The molecule has 0 saturated carbocycles. The number of carbonyl (C=O) groups excluding carboxylic acids is 3. The van der Waals surface area contributed by atoms with E-state index in [1.807, 2.05) is 0 Å². The molecule has 0 spiro atoms. The van der Waals surface area contributed by atoms with Gasteiger partial charge < -0.3 is 43.4 Å². The van der Waals surface area contributed by atoms with Crippen molar-refractivity contribution in [2.45, 2.75) is 71.1 Å². The zero-order valence-electron chi connectivity index (χ0n) is 19.9. The molecule has 0 radical (unpaired) electrons. The Morgan fingerprint density at radius 3 is 1.82 bits per heavy atom. The van der Waals surface area contributed by atoms with Crippen LogP contribution in [0.2, 0.25) is 0 Å². The monoisotopic (exact) mass is 487 g/mol. The summed E-state index contributed by atoms with van der Waals surface area (Å²) in [5.74, 6) is -5.89. The first kappa shape index (κ1) is 30.6. The first-order valence-corrected chi connectivity index (χ1v) is 10.8. The van der Waals surface area contributed by atoms with Crippen LogP contribution in [0.3, 0.4) is 0 Å². The van der Waals surface area contributed by atoms with Crippen molar-refractivity contribution in [2.75, 3.05) is 6.54 Å². The highest BCUT2D eigenvalue weighted by Crippen LogP contribution is 2.08. The zero-order valence-corrected chi connectivity index (χ0v) is 19.9. The Balaban J connectivity index is 5.54. The molecule has 194 valence electrons.